The first kappa shape index (κ1) is 17.8. The summed E-state index contributed by atoms with van der Waals surface area (Å²) in [5.74, 6) is 3.14. The Labute approximate surface area is 117 Å². The summed E-state index contributed by atoms with van der Waals surface area (Å²) in [5, 5.41) is 16.1. The molecule has 0 radical (unpaired) electrons. The Morgan fingerprint density at radius 2 is 1.71 bits per heavy atom. The fourth-order valence-corrected chi connectivity index (χ4v) is 1.53. The molecule has 2 N–H and O–H groups in total. The topological polar surface area (TPSA) is 65.5 Å². The number of rotatable bonds is 6. The van der Waals surface area contributed by atoms with Crippen molar-refractivity contribution in [3.8, 4) is 0 Å². The second kappa shape index (κ2) is 13.3. The van der Waals surface area contributed by atoms with E-state index in [1.54, 1.807) is 11.8 Å². The summed E-state index contributed by atoms with van der Waals surface area (Å²) in [7, 11) is 0. The van der Waals surface area contributed by atoms with Crippen LogP contribution < -0.4 is 0 Å². The molecule has 0 bridgehead atoms. The fraction of sp³-hybridized carbons (Fsp3) is 1.00. The van der Waals surface area contributed by atoms with Gasteiger partial charge in [0, 0.05) is 17.3 Å². The molecule has 104 valence electrons. The van der Waals surface area contributed by atoms with Crippen molar-refractivity contribution in [2.75, 3.05) is 49.6 Å². The van der Waals surface area contributed by atoms with Gasteiger partial charge < -0.3 is 19.7 Å². The lowest BCUT2D eigenvalue weighted by molar-refractivity contribution is 0.322. The molecule has 2 saturated heterocycles. The Morgan fingerprint density at radius 3 is 1.94 bits per heavy atom. The average molecular weight is 305 g/mol. The first-order valence-electron chi connectivity index (χ1n) is 5.48. The Balaban J connectivity index is 0.000000246. The summed E-state index contributed by atoms with van der Waals surface area (Å²) in [6.07, 6.45) is 0.906. The molecule has 0 spiro atoms. The van der Waals surface area contributed by atoms with Gasteiger partial charge >= 0.3 is 0 Å². The van der Waals surface area contributed by atoms with Crippen molar-refractivity contribution in [2.24, 2.45) is 0 Å². The van der Waals surface area contributed by atoms with Crippen LogP contribution in [0.25, 0.3) is 0 Å². The molecule has 2 aliphatic rings. The molecular formula is C10H21ClO4S2. The molecule has 2 fully saturated rings. The van der Waals surface area contributed by atoms with Crippen molar-refractivity contribution in [3.05, 3.63) is 0 Å². The Bertz CT molecular complexity index is 155. The molecule has 0 aromatic rings. The van der Waals surface area contributed by atoms with Crippen molar-refractivity contribution >= 4 is 36.0 Å². The molecule has 0 aromatic carbocycles. The Hall–Kier alpha value is 0.830. The molecule has 0 saturated carbocycles. The molecule has 2 rings (SSSR count). The molecule has 2 atom stereocenters. The zero-order valence-electron chi connectivity index (χ0n) is 9.76. The van der Waals surface area contributed by atoms with Crippen molar-refractivity contribution in [2.45, 2.75) is 12.2 Å². The number of halogens is 1. The van der Waals surface area contributed by atoms with Crippen LogP contribution in [0.15, 0.2) is 0 Å². The number of thiol groups is 1. The summed E-state index contributed by atoms with van der Waals surface area (Å²) in [6, 6.07) is 0. The van der Waals surface area contributed by atoms with Gasteiger partial charge in [0.1, 0.15) is 0 Å². The van der Waals surface area contributed by atoms with Gasteiger partial charge in [-0.2, -0.15) is 24.4 Å². The molecule has 2 aliphatic heterocycles. The van der Waals surface area contributed by atoms with Crippen molar-refractivity contribution in [1.82, 2.24) is 0 Å². The molecule has 2 unspecified atom stereocenters. The summed E-state index contributed by atoms with van der Waals surface area (Å²) < 4.78 is 9.68. The van der Waals surface area contributed by atoms with Crippen LogP contribution in [-0.2, 0) is 9.47 Å². The van der Waals surface area contributed by atoms with Crippen LogP contribution in [0, 0.1) is 0 Å². The van der Waals surface area contributed by atoms with Gasteiger partial charge in [0.2, 0.25) is 0 Å². The van der Waals surface area contributed by atoms with Gasteiger partial charge in [-0.25, -0.2) is 0 Å². The predicted octanol–water partition coefficient (Wildman–Crippen LogP) is 0.643. The van der Waals surface area contributed by atoms with Crippen molar-refractivity contribution in [3.63, 3.8) is 0 Å². The van der Waals surface area contributed by atoms with Crippen LogP contribution in [0.3, 0.4) is 0 Å². The van der Waals surface area contributed by atoms with Gasteiger partial charge in [-0.1, -0.05) is 0 Å². The summed E-state index contributed by atoms with van der Waals surface area (Å²) in [6.45, 7) is 2.28. The molecular weight excluding hydrogens is 284 g/mol. The highest BCUT2D eigenvalue weighted by molar-refractivity contribution is 7.99. The van der Waals surface area contributed by atoms with Crippen LogP contribution in [0.1, 0.15) is 0 Å². The summed E-state index contributed by atoms with van der Waals surface area (Å²) in [4.78, 5) is 0. The van der Waals surface area contributed by atoms with E-state index in [2.05, 4.69) is 12.6 Å². The number of ether oxygens (including phenoxy) is 2. The van der Waals surface area contributed by atoms with Crippen molar-refractivity contribution < 1.29 is 19.7 Å². The lowest BCUT2D eigenvalue weighted by Crippen LogP contribution is -1.93. The van der Waals surface area contributed by atoms with Crippen LogP contribution in [0.4, 0.5) is 0 Å². The molecule has 4 nitrogen and oxygen atoms in total. The average Bonchev–Trinajstić information content (AvgIpc) is 3.22. The first-order valence-corrected chi connectivity index (χ1v) is 7.80. The molecule has 7 heteroatoms. The maximum absolute atomic E-state index is 8.34. The predicted molar refractivity (Wildman–Crippen MR) is 75.5 cm³/mol. The van der Waals surface area contributed by atoms with Crippen LogP contribution in [0.5, 0.6) is 0 Å². The lowest BCUT2D eigenvalue weighted by Gasteiger charge is -1.91. The molecule has 2 heterocycles. The van der Waals surface area contributed by atoms with Gasteiger partial charge in [0.15, 0.2) is 0 Å². The first-order chi connectivity index (χ1) is 8.28. The van der Waals surface area contributed by atoms with Crippen LogP contribution in [-0.4, -0.2) is 72.0 Å². The number of epoxide rings is 2. The molecule has 0 aromatic heterocycles. The monoisotopic (exact) mass is 304 g/mol. The van der Waals surface area contributed by atoms with Crippen molar-refractivity contribution in [1.29, 1.82) is 0 Å². The smallest absolute Gasteiger partial charge is 0.0944 e. The minimum Gasteiger partial charge on any atom is -0.396 e. The van der Waals surface area contributed by atoms with E-state index in [4.69, 9.17) is 31.3 Å². The largest absolute Gasteiger partial charge is 0.396 e. The minimum absolute atomic E-state index is 0.184. The Kier molecular flexibility index (Phi) is 13.9. The van der Waals surface area contributed by atoms with Gasteiger partial charge in [-0.05, 0) is 0 Å². The highest BCUT2D eigenvalue weighted by Crippen LogP contribution is 2.14. The van der Waals surface area contributed by atoms with E-state index in [0.29, 0.717) is 23.8 Å². The van der Waals surface area contributed by atoms with Gasteiger partial charge in [-0.3, -0.25) is 0 Å². The third-order valence-corrected chi connectivity index (χ3v) is 3.24. The lowest BCUT2D eigenvalue weighted by atomic mass is 10.6. The zero-order valence-corrected chi connectivity index (χ0v) is 12.2. The van der Waals surface area contributed by atoms with Gasteiger partial charge in [-0.15, -0.1) is 11.6 Å². The number of thioether (sulfide) groups is 1. The quantitative estimate of drug-likeness (QED) is 0.291. The summed E-state index contributed by atoms with van der Waals surface area (Å²) >= 11 is 10.7. The van der Waals surface area contributed by atoms with E-state index in [9.17, 15) is 0 Å². The normalized spacial score (nSPS) is 24.0. The SMILES string of the molecule is ClCC1CO1.OCCS.OCCSCC1CO1. The zero-order chi connectivity index (χ0) is 12.9. The standard InChI is InChI=1S/C5H10O2S.C3H5ClO.C2H6OS/c6-1-2-8-4-5-3-7-5;4-1-3-2-5-3;3-1-2-4/h5-6H,1-4H2;3H,1-2H2;3-4H,1-2H2. The summed E-state index contributed by atoms with van der Waals surface area (Å²) in [5.41, 5.74) is 0. The highest BCUT2D eigenvalue weighted by Gasteiger charge is 2.21. The van der Waals surface area contributed by atoms with Gasteiger partial charge in [0.25, 0.3) is 0 Å². The highest BCUT2D eigenvalue weighted by atomic mass is 35.5. The second-order valence-electron chi connectivity index (χ2n) is 3.31. The van der Waals surface area contributed by atoms with Crippen LogP contribution in [0.2, 0.25) is 0 Å². The molecule has 0 amide bonds. The number of aliphatic hydroxyl groups excluding tert-OH is 2. The van der Waals surface area contributed by atoms with E-state index in [-0.39, 0.29) is 13.2 Å². The minimum atomic E-state index is 0.184. The molecule has 0 aliphatic carbocycles. The number of aliphatic hydroxyl groups is 2. The maximum Gasteiger partial charge on any atom is 0.0944 e. The number of hydrogen-bond acceptors (Lipinski definition) is 6. The maximum atomic E-state index is 8.34. The van der Waals surface area contributed by atoms with E-state index >= 15 is 0 Å². The molecule has 17 heavy (non-hydrogen) atoms. The number of hydrogen-bond donors (Lipinski definition) is 3. The van der Waals surface area contributed by atoms with Gasteiger partial charge in [0.05, 0.1) is 44.5 Å². The van der Waals surface area contributed by atoms with E-state index in [0.717, 1.165) is 24.7 Å². The second-order valence-corrected chi connectivity index (χ2v) is 5.22. The van der Waals surface area contributed by atoms with E-state index < -0.39 is 0 Å². The van der Waals surface area contributed by atoms with E-state index in [1.165, 1.54) is 0 Å². The number of alkyl halides is 1. The van der Waals surface area contributed by atoms with E-state index in [1.807, 2.05) is 0 Å². The fourth-order valence-electron chi connectivity index (χ4n) is 0.601. The Morgan fingerprint density at radius 1 is 1.18 bits per heavy atom. The third-order valence-electron chi connectivity index (χ3n) is 1.62. The van der Waals surface area contributed by atoms with Crippen LogP contribution >= 0.6 is 36.0 Å². The third kappa shape index (κ3) is 16.8.